The number of carbonyl (C=O) groups excluding carboxylic acids is 2. The minimum absolute atomic E-state index is 0.120. The van der Waals surface area contributed by atoms with Crippen LogP contribution in [0.1, 0.15) is 49.5 Å². The average Bonchev–Trinajstić information content (AvgIpc) is 3.17. The highest BCUT2D eigenvalue weighted by atomic mass is 79.9. The van der Waals surface area contributed by atoms with Gasteiger partial charge in [-0.3, -0.25) is 14.7 Å². The van der Waals surface area contributed by atoms with Crippen molar-refractivity contribution in [3.63, 3.8) is 0 Å². The molecule has 1 aliphatic rings. The molecule has 0 spiro atoms. The van der Waals surface area contributed by atoms with Crippen LogP contribution in [0.3, 0.4) is 0 Å². The van der Waals surface area contributed by atoms with Gasteiger partial charge in [0.1, 0.15) is 11.2 Å². The Labute approximate surface area is 206 Å². The molecule has 0 unspecified atom stereocenters. The Balaban J connectivity index is 1.80. The van der Waals surface area contributed by atoms with Crippen molar-refractivity contribution in [1.82, 2.24) is 20.3 Å². The molecular formula is C24H29BrN6O3. The Kier molecular flexibility index (Phi) is 6.90. The number of rotatable bonds is 4. The number of carbonyl (C=O) groups is 2. The quantitative estimate of drug-likeness (QED) is 0.449. The summed E-state index contributed by atoms with van der Waals surface area (Å²) in [6, 6.07) is 1.65. The lowest BCUT2D eigenvalue weighted by molar-refractivity contribution is 0.0560. The lowest BCUT2D eigenvalue weighted by atomic mass is 10.0. The highest BCUT2D eigenvalue weighted by Crippen LogP contribution is 2.40. The molecule has 9 nitrogen and oxygen atoms in total. The predicted molar refractivity (Wildman–Crippen MR) is 135 cm³/mol. The van der Waals surface area contributed by atoms with Crippen molar-refractivity contribution in [3.8, 4) is 0 Å². The van der Waals surface area contributed by atoms with E-state index in [1.165, 1.54) is 6.20 Å². The maximum Gasteiger partial charge on any atom is 0.415 e. The number of halogens is 1. The summed E-state index contributed by atoms with van der Waals surface area (Å²) < 4.78 is 6.43. The summed E-state index contributed by atoms with van der Waals surface area (Å²) >= 11 is 3.60. The molecule has 2 amide bonds. The van der Waals surface area contributed by atoms with E-state index < -0.39 is 11.7 Å². The SMILES string of the molecule is Cc1cncc(C(=O)Nc2c[nH]c3ncc(Br)c(N(C(=O)OC(C)(C)C)[C@@H]4CCCNC4)c23)c1. The smallest absolute Gasteiger partial charge is 0.415 e. The van der Waals surface area contributed by atoms with Gasteiger partial charge in [-0.05, 0) is 74.6 Å². The first kappa shape index (κ1) is 24.2. The molecule has 0 radical (unpaired) electrons. The van der Waals surface area contributed by atoms with Gasteiger partial charge in [-0.15, -0.1) is 0 Å². The third-order valence-electron chi connectivity index (χ3n) is 5.48. The zero-order valence-corrected chi connectivity index (χ0v) is 21.3. The van der Waals surface area contributed by atoms with Crippen molar-refractivity contribution in [3.05, 3.63) is 46.5 Å². The molecule has 180 valence electrons. The van der Waals surface area contributed by atoms with Gasteiger partial charge < -0.3 is 20.4 Å². The summed E-state index contributed by atoms with van der Waals surface area (Å²) in [5.74, 6) is -0.300. The predicted octanol–water partition coefficient (Wildman–Crippen LogP) is 4.77. The van der Waals surface area contributed by atoms with Crippen molar-refractivity contribution in [2.75, 3.05) is 23.3 Å². The molecule has 3 aromatic rings. The van der Waals surface area contributed by atoms with Crippen molar-refractivity contribution < 1.29 is 14.3 Å². The Morgan fingerprint density at radius 2 is 2.06 bits per heavy atom. The van der Waals surface area contributed by atoms with E-state index in [4.69, 9.17) is 4.74 Å². The van der Waals surface area contributed by atoms with Crippen LogP contribution in [0.15, 0.2) is 35.3 Å². The minimum atomic E-state index is -0.663. The molecule has 34 heavy (non-hydrogen) atoms. The van der Waals surface area contributed by atoms with Crippen LogP contribution < -0.4 is 15.5 Å². The largest absolute Gasteiger partial charge is 0.443 e. The molecule has 4 rings (SSSR count). The van der Waals surface area contributed by atoms with Crippen LogP contribution >= 0.6 is 15.9 Å². The number of nitrogens with one attached hydrogen (secondary N) is 3. The van der Waals surface area contributed by atoms with E-state index in [9.17, 15) is 9.59 Å². The standard InChI is InChI=1S/C24H29BrN6O3/c1-14-8-15(10-27-9-14)22(32)30-18-13-29-21-19(18)20(17(25)12-28-21)31(16-6-5-7-26-11-16)23(33)34-24(2,3)4/h8-10,12-13,16,26H,5-7,11H2,1-4H3,(H,28,29)(H,30,32)/t16-/m1/s1. The monoisotopic (exact) mass is 528 g/mol. The topological polar surface area (TPSA) is 112 Å². The van der Waals surface area contributed by atoms with Crippen LogP contribution in [0.25, 0.3) is 11.0 Å². The molecule has 1 saturated heterocycles. The van der Waals surface area contributed by atoms with Crippen molar-refractivity contribution in [2.45, 2.75) is 52.2 Å². The highest BCUT2D eigenvalue weighted by Gasteiger charge is 2.34. The summed E-state index contributed by atoms with van der Waals surface area (Å²) in [5.41, 5.74) is 2.34. The first-order chi connectivity index (χ1) is 16.1. The first-order valence-electron chi connectivity index (χ1n) is 11.3. The summed E-state index contributed by atoms with van der Waals surface area (Å²) in [5, 5.41) is 6.95. The number of aromatic nitrogens is 3. The van der Waals surface area contributed by atoms with Crippen LogP contribution in [-0.2, 0) is 4.74 Å². The highest BCUT2D eigenvalue weighted by molar-refractivity contribution is 9.10. The van der Waals surface area contributed by atoms with E-state index in [0.29, 0.717) is 39.0 Å². The lowest BCUT2D eigenvalue weighted by Crippen LogP contribution is -2.50. The summed E-state index contributed by atoms with van der Waals surface area (Å²) in [7, 11) is 0. The number of piperidine rings is 1. The van der Waals surface area contributed by atoms with Crippen LogP contribution in [0.4, 0.5) is 16.2 Å². The Bertz CT molecular complexity index is 1210. The van der Waals surface area contributed by atoms with E-state index >= 15 is 0 Å². The number of nitrogens with zero attached hydrogens (tertiary/aromatic N) is 3. The number of anilines is 2. The minimum Gasteiger partial charge on any atom is -0.443 e. The van der Waals surface area contributed by atoms with E-state index in [2.05, 4.69) is 41.5 Å². The molecular weight excluding hydrogens is 500 g/mol. The van der Waals surface area contributed by atoms with Crippen molar-refractivity contribution in [1.29, 1.82) is 0 Å². The van der Waals surface area contributed by atoms with Gasteiger partial charge in [0.05, 0.1) is 32.8 Å². The molecule has 0 aliphatic carbocycles. The number of H-pyrrole nitrogens is 1. The maximum absolute atomic E-state index is 13.5. The van der Waals surface area contributed by atoms with Crippen molar-refractivity contribution >= 4 is 50.3 Å². The third-order valence-corrected chi connectivity index (χ3v) is 6.06. The average molecular weight is 529 g/mol. The first-order valence-corrected chi connectivity index (χ1v) is 12.0. The molecule has 1 fully saturated rings. The molecule has 1 aliphatic heterocycles. The van der Waals surface area contributed by atoms with E-state index in [-0.39, 0.29) is 11.9 Å². The van der Waals surface area contributed by atoms with Gasteiger partial charge in [-0.25, -0.2) is 9.78 Å². The second kappa shape index (κ2) is 9.71. The van der Waals surface area contributed by atoms with Crippen LogP contribution in [0.5, 0.6) is 0 Å². The van der Waals surface area contributed by atoms with E-state index in [1.807, 2.05) is 27.7 Å². The fraction of sp³-hybridized carbons (Fsp3) is 0.417. The number of hydrogen-bond donors (Lipinski definition) is 3. The number of aryl methyl sites for hydroxylation is 1. The van der Waals surface area contributed by atoms with Gasteiger partial charge >= 0.3 is 6.09 Å². The molecule has 0 aromatic carbocycles. The molecule has 0 bridgehead atoms. The molecule has 1 atom stereocenters. The van der Waals surface area contributed by atoms with Gasteiger partial charge in [0.25, 0.3) is 5.91 Å². The van der Waals surface area contributed by atoms with Gasteiger partial charge in [-0.1, -0.05) is 0 Å². The third kappa shape index (κ3) is 5.23. The molecule has 4 heterocycles. The molecule has 3 aromatic heterocycles. The van der Waals surface area contributed by atoms with E-state index in [1.54, 1.807) is 29.6 Å². The van der Waals surface area contributed by atoms with Gasteiger partial charge in [0, 0.05) is 31.3 Å². The second-order valence-corrected chi connectivity index (χ2v) is 10.3. The summed E-state index contributed by atoms with van der Waals surface area (Å²) in [6.07, 6.45) is 7.86. The normalized spacial score (nSPS) is 16.3. The zero-order valence-electron chi connectivity index (χ0n) is 19.7. The molecule has 0 saturated carbocycles. The van der Waals surface area contributed by atoms with Gasteiger partial charge in [-0.2, -0.15) is 0 Å². The van der Waals surface area contributed by atoms with Crippen LogP contribution in [0, 0.1) is 6.92 Å². The van der Waals surface area contributed by atoms with Gasteiger partial charge in [0.2, 0.25) is 0 Å². The maximum atomic E-state index is 13.5. The molecule has 3 N–H and O–H groups in total. The Hall–Kier alpha value is -2.98. The number of fused-ring (bicyclic) bond motifs is 1. The van der Waals surface area contributed by atoms with Crippen LogP contribution in [0.2, 0.25) is 0 Å². The summed E-state index contributed by atoms with van der Waals surface area (Å²) in [4.78, 5) is 39.8. The zero-order chi connectivity index (χ0) is 24.5. The Morgan fingerprint density at radius 1 is 1.26 bits per heavy atom. The molecule has 10 heteroatoms. The number of pyridine rings is 2. The van der Waals surface area contributed by atoms with E-state index in [0.717, 1.165) is 24.9 Å². The lowest BCUT2D eigenvalue weighted by Gasteiger charge is -2.36. The number of ether oxygens (including phenoxy) is 1. The fourth-order valence-corrected chi connectivity index (χ4v) is 4.54. The van der Waals surface area contributed by atoms with Crippen molar-refractivity contribution in [2.24, 2.45) is 0 Å². The number of amides is 2. The Morgan fingerprint density at radius 3 is 2.74 bits per heavy atom. The summed E-state index contributed by atoms with van der Waals surface area (Å²) in [6.45, 7) is 8.95. The number of hydrogen-bond acceptors (Lipinski definition) is 6. The second-order valence-electron chi connectivity index (χ2n) is 9.44. The fourth-order valence-electron chi connectivity index (χ4n) is 4.05. The van der Waals surface area contributed by atoms with Gasteiger partial charge in [0.15, 0.2) is 0 Å². The van der Waals surface area contributed by atoms with Crippen LogP contribution in [-0.4, -0.2) is 51.7 Å². The number of aromatic amines is 1.